The Kier molecular flexibility index (Phi) is 8.44. The summed E-state index contributed by atoms with van der Waals surface area (Å²) >= 11 is 12.7. The van der Waals surface area contributed by atoms with Crippen LogP contribution in [0.3, 0.4) is 0 Å². The van der Waals surface area contributed by atoms with E-state index in [4.69, 9.17) is 23.2 Å². The molecular weight excluding hydrogens is 527 g/mol. The first-order valence-corrected chi connectivity index (χ1v) is 15.2. The molecule has 2 aromatic rings. The van der Waals surface area contributed by atoms with E-state index in [1.54, 1.807) is 6.08 Å². The molecule has 1 heterocycles. The van der Waals surface area contributed by atoms with Gasteiger partial charge in [-0.25, -0.2) is 13.1 Å². The van der Waals surface area contributed by atoms with Crippen molar-refractivity contribution >= 4 is 39.1 Å². The van der Waals surface area contributed by atoms with Gasteiger partial charge in [0.15, 0.2) is 0 Å². The molecule has 5 nitrogen and oxygen atoms in total. The van der Waals surface area contributed by atoms with Crippen molar-refractivity contribution < 1.29 is 13.2 Å². The summed E-state index contributed by atoms with van der Waals surface area (Å²) in [4.78, 5) is 16.3. The number of nitrogens with zero attached hydrogens (tertiary/aromatic N) is 1. The van der Waals surface area contributed by atoms with Crippen molar-refractivity contribution in [3.05, 3.63) is 82.4 Å². The number of carbonyl (C=O) groups is 1. The van der Waals surface area contributed by atoms with E-state index in [9.17, 15) is 13.2 Å². The Morgan fingerprint density at radius 1 is 1.11 bits per heavy atom. The van der Waals surface area contributed by atoms with Crippen molar-refractivity contribution in [2.45, 2.75) is 69.7 Å². The lowest BCUT2D eigenvalue weighted by Crippen LogP contribution is -2.59. The van der Waals surface area contributed by atoms with E-state index >= 15 is 0 Å². The number of hydrogen-bond acceptors (Lipinski definition) is 3. The number of halogens is 2. The number of allylic oxidation sites excluding steroid dienone is 1. The summed E-state index contributed by atoms with van der Waals surface area (Å²) in [6.07, 6.45) is 4.30. The molecule has 2 fully saturated rings. The van der Waals surface area contributed by atoms with Gasteiger partial charge in [-0.05, 0) is 67.0 Å². The molecular formula is C29H36Cl2N2O3S. The zero-order valence-corrected chi connectivity index (χ0v) is 24.0. The van der Waals surface area contributed by atoms with Gasteiger partial charge in [0.05, 0.1) is 16.7 Å². The Morgan fingerprint density at radius 3 is 2.35 bits per heavy atom. The number of nitrogens with one attached hydrogen (secondary N) is 1. The van der Waals surface area contributed by atoms with Crippen LogP contribution in [0.25, 0.3) is 0 Å². The third-order valence-electron chi connectivity index (χ3n) is 7.77. The molecule has 1 amide bonds. The molecule has 0 radical (unpaired) electrons. The van der Waals surface area contributed by atoms with Crippen molar-refractivity contribution in [1.82, 2.24) is 9.62 Å². The smallest absolute Gasteiger partial charge is 0.229 e. The molecule has 8 heteroatoms. The first-order chi connectivity index (χ1) is 17.5. The van der Waals surface area contributed by atoms with Crippen LogP contribution in [0.15, 0.2) is 61.2 Å². The molecule has 1 saturated carbocycles. The van der Waals surface area contributed by atoms with Gasteiger partial charge >= 0.3 is 0 Å². The van der Waals surface area contributed by atoms with Gasteiger partial charge in [-0.1, -0.05) is 74.3 Å². The Bertz CT molecular complexity index is 1240. The van der Waals surface area contributed by atoms with Crippen molar-refractivity contribution in [3.63, 3.8) is 0 Å². The topological polar surface area (TPSA) is 66.5 Å². The first-order valence-electron chi connectivity index (χ1n) is 12.9. The fourth-order valence-electron chi connectivity index (χ4n) is 5.61. The highest BCUT2D eigenvalue weighted by molar-refractivity contribution is 7.90. The predicted octanol–water partition coefficient (Wildman–Crippen LogP) is 6.74. The predicted molar refractivity (Wildman–Crippen MR) is 151 cm³/mol. The lowest BCUT2D eigenvalue weighted by molar-refractivity contribution is -0.155. The summed E-state index contributed by atoms with van der Waals surface area (Å²) in [7, 11) is -3.41. The highest BCUT2D eigenvalue weighted by Gasteiger charge is 2.51. The molecule has 1 N–H and O–H groups in total. The zero-order valence-electron chi connectivity index (χ0n) is 21.7. The van der Waals surface area contributed by atoms with E-state index in [0.717, 1.165) is 11.1 Å². The van der Waals surface area contributed by atoms with Crippen molar-refractivity contribution in [1.29, 1.82) is 0 Å². The van der Waals surface area contributed by atoms with Crippen LogP contribution in [-0.4, -0.2) is 37.1 Å². The number of sulfonamides is 1. The summed E-state index contributed by atoms with van der Waals surface area (Å²) in [6.45, 7) is 10.2. The number of carbonyl (C=O) groups excluding carboxylic acids is 1. The van der Waals surface area contributed by atoms with Gasteiger partial charge in [-0.3, -0.25) is 4.79 Å². The molecule has 37 heavy (non-hydrogen) atoms. The normalized spacial score (nSPS) is 25.4. The Labute approximate surface area is 231 Å². The molecule has 2 aliphatic rings. The molecule has 1 saturated heterocycles. The molecule has 1 aliphatic carbocycles. The highest BCUT2D eigenvalue weighted by atomic mass is 35.5. The van der Waals surface area contributed by atoms with Crippen molar-refractivity contribution in [3.8, 4) is 0 Å². The van der Waals surface area contributed by atoms with Gasteiger partial charge in [0, 0.05) is 28.5 Å². The third kappa shape index (κ3) is 6.08. The van der Waals surface area contributed by atoms with E-state index in [-0.39, 0.29) is 41.6 Å². The van der Waals surface area contributed by atoms with Crippen LogP contribution in [0.4, 0.5) is 0 Å². The molecule has 1 aliphatic heterocycles. The number of hydrogen-bond donors (Lipinski definition) is 1. The van der Waals surface area contributed by atoms with Crippen LogP contribution in [0, 0.1) is 11.3 Å². The third-order valence-corrected chi connectivity index (χ3v) is 10.2. The molecule has 0 spiro atoms. The largest absolute Gasteiger partial charge is 0.330 e. The van der Waals surface area contributed by atoms with Gasteiger partial charge in [0.2, 0.25) is 15.9 Å². The number of piperidine rings is 1. The second-order valence-corrected chi connectivity index (χ2v) is 14.0. The summed E-state index contributed by atoms with van der Waals surface area (Å²) in [5.74, 6) is -0.0505. The first kappa shape index (κ1) is 28.2. The maximum Gasteiger partial charge on any atom is 0.229 e. The van der Waals surface area contributed by atoms with Gasteiger partial charge in [0.25, 0.3) is 0 Å². The standard InChI is InChI=1S/C29H36Cl2N2O3S/c1-5-15-29(4)17-25(21-7-6-8-23(31)16-21)27(20-9-11-22(30)12-10-20)33(28(29)34)26(19(2)3)18-32-37(35,36)24-13-14-24/h5-12,16,19,24-27,32H,1,13-15,17-18H2,2-4H3/t25?,26-,27-,29+/m1/s1. The fraction of sp³-hybridized carbons (Fsp3) is 0.483. The SMILES string of the molecule is C=CC[C@@]1(C)CC(c2cccc(Cl)c2)[C@@H](c2ccc(Cl)cc2)N([C@H](CNS(=O)(=O)C2CC2)C(C)C)C1=O. The minimum Gasteiger partial charge on any atom is -0.330 e. The lowest BCUT2D eigenvalue weighted by Gasteiger charge is -2.53. The van der Waals surface area contributed by atoms with E-state index in [2.05, 4.69) is 17.4 Å². The minimum atomic E-state index is -3.41. The van der Waals surface area contributed by atoms with E-state index < -0.39 is 15.4 Å². The number of rotatable bonds is 10. The molecule has 1 unspecified atom stereocenters. The fourth-order valence-corrected chi connectivity index (χ4v) is 7.33. The number of amides is 1. The quantitative estimate of drug-likeness (QED) is 0.326. The van der Waals surface area contributed by atoms with Crippen LogP contribution in [0.1, 0.15) is 69.5 Å². The van der Waals surface area contributed by atoms with E-state index in [1.165, 1.54) is 0 Å². The summed E-state index contributed by atoms with van der Waals surface area (Å²) in [5, 5.41) is 0.930. The summed E-state index contributed by atoms with van der Waals surface area (Å²) < 4.78 is 28.4. The van der Waals surface area contributed by atoms with Crippen LogP contribution in [-0.2, 0) is 14.8 Å². The molecule has 4 rings (SSSR count). The monoisotopic (exact) mass is 562 g/mol. The second kappa shape index (κ2) is 11.1. The van der Waals surface area contributed by atoms with Gasteiger partial charge in [-0.2, -0.15) is 0 Å². The molecule has 200 valence electrons. The van der Waals surface area contributed by atoms with Crippen molar-refractivity contribution in [2.24, 2.45) is 11.3 Å². The Balaban J connectivity index is 1.85. The zero-order chi connectivity index (χ0) is 27.0. The van der Waals surface area contributed by atoms with Gasteiger partial charge in [-0.15, -0.1) is 6.58 Å². The summed E-state index contributed by atoms with van der Waals surface area (Å²) in [6, 6.07) is 14.7. The molecule has 2 aromatic carbocycles. The van der Waals surface area contributed by atoms with Crippen LogP contribution < -0.4 is 4.72 Å². The van der Waals surface area contributed by atoms with Crippen molar-refractivity contribution in [2.75, 3.05) is 6.54 Å². The van der Waals surface area contributed by atoms with E-state index in [1.807, 2.05) is 68.1 Å². The summed E-state index contributed by atoms with van der Waals surface area (Å²) in [5.41, 5.74) is 1.31. The number of likely N-dealkylation sites (tertiary alicyclic amines) is 1. The maximum absolute atomic E-state index is 14.4. The van der Waals surface area contributed by atoms with Gasteiger partial charge in [0.1, 0.15) is 0 Å². The molecule has 0 bridgehead atoms. The van der Waals surface area contributed by atoms with Crippen LogP contribution in [0.5, 0.6) is 0 Å². The van der Waals surface area contributed by atoms with Crippen LogP contribution >= 0.6 is 23.2 Å². The molecule has 0 aromatic heterocycles. The number of benzene rings is 2. The Morgan fingerprint density at radius 2 is 1.78 bits per heavy atom. The van der Waals surface area contributed by atoms with Gasteiger partial charge < -0.3 is 4.90 Å². The Hall–Kier alpha value is -1.86. The lowest BCUT2D eigenvalue weighted by atomic mass is 9.66. The van der Waals surface area contributed by atoms with E-state index in [0.29, 0.717) is 35.7 Å². The van der Waals surface area contributed by atoms with Crippen LogP contribution in [0.2, 0.25) is 10.0 Å². The second-order valence-electron chi connectivity index (χ2n) is 11.0. The highest BCUT2D eigenvalue weighted by Crippen LogP contribution is 2.52. The molecule has 4 atom stereocenters. The average Bonchev–Trinajstić information content (AvgIpc) is 3.69. The maximum atomic E-state index is 14.4. The minimum absolute atomic E-state index is 0.00625. The average molecular weight is 564 g/mol.